The highest BCUT2D eigenvalue weighted by atomic mass is 19.1. The molecule has 0 bridgehead atoms. The molecule has 0 saturated heterocycles. The highest BCUT2D eigenvalue weighted by molar-refractivity contribution is 6.04. The maximum atomic E-state index is 12.9. The molecule has 0 aliphatic heterocycles. The van der Waals surface area contributed by atoms with Crippen LogP contribution >= 0.6 is 0 Å². The third-order valence-electron chi connectivity index (χ3n) is 3.75. The number of amides is 1. The average Bonchev–Trinajstić information content (AvgIpc) is 2.72. The summed E-state index contributed by atoms with van der Waals surface area (Å²) in [6.07, 6.45) is -0.140. The van der Waals surface area contributed by atoms with Crippen LogP contribution in [0.4, 0.5) is 10.1 Å². The van der Waals surface area contributed by atoms with Gasteiger partial charge in [0.05, 0.1) is 37.5 Å². The third-order valence-corrected chi connectivity index (χ3v) is 3.75. The highest BCUT2D eigenvalue weighted by Crippen LogP contribution is 2.20. The molecule has 29 heavy (non-hydrogen) atoms. The van der Waals surface area contributed by atoms with E-state index < -0.39 is 36.2 Å². The van der Waals surface area contributed by atoms with Crippen molar-refractivity contribution in [3.8, 4) is 0 Å². The second-order valence-corrected chi connectivity index (χ2v) is 5.76. The summed E-state index contributed by atoms with van der Waals surface area (Å²) < 4.78 is 27.0. The fourth-order valence-electron chi connectivity index (χ4n) is 2.33. The largest absolute Gasteiger partial charge is 0.465 e. The van der Waals surface area contributed by atoms with E-state index in [9.17, 15) is 23.6 Å². The van der Waals surface area contributed by atoms with E-state index in [0.29, 0.717) is 5.56 Å². The van der Waals surface area contributed by atoms with Crippen LogP contribution in [-0.2, 0) is 30.2 Å². The Bertz CT molecular complexity index is 925. The van der Waals surface area contributed by atoms with Gasteiger partial charge in [0.1, 0.15) is 5.82 Å². The van der Waals surface area contributed by atoms with Gasteiger partial charge in [-0.3, -0.25) is 9.59 Å². The van der Waals surface area contributed by atoms with E-state index in [1.54, 1.807) is 0 Å². The van der Waals surface area contributed by atoms with E-state index in [1.165, 1.54) is 56.7 Å². The van der Waals surface area contributed by atoms with Crippen molar-refractivity contribution in [1.82, 2.24) is 0 Å². The number of halogens is 1. The van der Waals surface area contributed by atoms with Gasteiger partial charge in [-0.2, -0.15) is 0 Å². The molecule has 0 spiro atoms. The van der Waals surface area contributed by atoms with Crippen molar-refractivity contribution in [1.29, 1.82) is 0 Å². The zero-order valence-electron chi connectivity index (χ0n) is 15.7. The minimum atomic E-state index is -0.732. The van der Waals surface area contributed by atoms with Gasteiger partial charge in [0, 0.05) is 0 Å². The fourth-order valence-corrected chi connectivity index (χ4v) is 2.33. The van der Waals surface area contributed by atoms with Crippen LogP contribution in [0.3, 0.4) is 0 Å². The predicted octanol–water partition coefficient (Wildman–Crippen LogP) is 2.12. The first-order valence-electron chi connectivity index (χ1n) is 8.34. The molecule has 2 aromatic carbocycles. The quantitative estimate of drug-likeness (QED) is 0.557. The van der Waals surface area contributed by atoms with Gasteiger partial charge in [-0.25, -0.2) is 14.0 Å². The molecule has 0 aliphatic rings. The van der Waals surface area contributed by atoms with Crippen LogP contribution in [0.2, 0.25) is 0 Å². The molecule has 1 N–H and O–H groups in total. The number of ether oxygens (including phenoxy) is 3. The van der Waals surface area contributed by atoms with Gasteiger partial charge in [0.25, 0.3) is 5.91 Å². The number of esters is 3. The third kappa shape index (κ3) is 6.13. The standard InChI is InChI=1S/C20H18FNO7/c1-27-19(25)13-5-8-15(20(26)28-2)16(10-13)22-17(23)11-29-18(24)9-12-3-6-14(21)7-4-12/h3-8,10H,9,11H2,1-2H3,(H,22,23). The molecule has 0 radical (unpaired) electrons. The number of methoxy groups -OCH3 is 2. The van der Waals surface area contributed by atoms with E-state index in [-0.39, 0.29) is 23.2 Å². The van der Waals surface area contributed by atoms with Crippen LogP contribution in [0.1, 0.15) is 26.3 Å². The lowest BCUT2D eigenvalue weighted by molar-refractivity contribution is -0.146. The first-order valence-corrected chi connectivity index (χ1v) is 8.34. The summed E-state index contributed by atoms with van der Waals surface area (Å²) in [6, 6.07) is 9.16. The van der Waals surface area contributed by atoms with Crippen molar-refractivity contribution in [2.45, 2.75) is 6.42 Å². The van der Waals surface area contributed by atoms with E-state index >= 15 is 0 Å². The topological polar surface area (TPSA) is 108 Å². The average molecular weight is 403 g/mol. The van der Waals surface area contributed by atoms with Crippen molar-refractivity contribution in [3.05, 3.63) is 65.0 Å². The Morgan fingerprint density at radius 2 is 1.59 bits per heavy atom. The first kappa shape index (κ1) is 21.5. The Labute approximate surface area is 165 Å². The zero-order valence-corrected chi connectivity index (χ0v) is 15.7. The lowest BCUT2D eigenvalue weighted by atomic mass is 10.1. The molecule has 8 nitrogen and oxygen atoms in total. The Hall–Kier alpha value is -3.75. The Morgan fingerprint density at radius 1 is 0.931 bits per heavy atom. The summed E-state index contributed by atoms with van der Waals surface area (Å²) in [7, 11) is 2.36. The number of rotatable bonds is 7. The molecule has 9 heteroatoms. The lowest BCUT2D eigenvalue weighted by Gasteiger charge is -2.11. The molecule has 0 atom stereocenters. The SMILES string of the molecule is COC(=O)c1ccc(C(=O)OC)c(NC(=O)COC(=O)Cc2ccc(F)cc2)c1. The number of carbonyl (C=O) groups is 4. The second-order valence-electron chi connectivity index (χ2n) is 5.76. The molecule has 2 rings (SSSR count). The molecular formula is C20H18FNO7. The van der Waals surface area contributed by atoms with E-state index in [0.717, 1.165) is 0 Å². The lowest BCUT2D eigenvalue weighted by Crippen LogP contribution is -2.23. The zero-order chi connectivity index (χ0) is 21.4. The van der Waals surface area contributed by atoms with Gasteiger partial charge in [-0.15, -0.1) is 0 Å². The van der Waals surface area contributed by atoms with Crippen molar-refractivity contribution >= 4 is 29.5 Å². The van der Waals surface area contributed by atoms with Crippen LogP contribution in [0, 0.1) is 5.82 Å². The van der Waals surface area contributed by atoms with Gasteiger partial charge < -0.3 is 19.5 Å². The fraction of sp³-hybridized carbons (Fsp3) is 0.200. The number of nitrogens with one attached hydrogen (secondary N) is 1. The summed E-state index contributed by atoms with van der Waals surface area (Å²) in [5.41, 5.74) is 0.629. The van der Waals surface area contributed by atoms with Crippen LogP contribution in [0.25, 0.3) is 0 Å². The molecule has 2 aromatic rings. The van der Waals surface area contributed by atoms with Crippen molar-refractivity contribution in [3.63, 3.8) is 0 Å². The van der Waals surface area contributed by atoms with Crippen molar-refractivity contribution in [2.24, 2.45) is 0 Å². The second kappa shape index (κ2) is 9.98. The summed E-state index contributed by atoms with van der Waals surface area (Å²) >= 11 is 0. The molecule has 0 fully saturated rings. The van der Waals surface area contributed by atoms with Gasteiger partial charge >= 0.3 is 17.9 Å². The number of anilines is 1. The minimum absolute atomic E-state index is 0.000617. The maximum absolute atomic E-state index is 12.9. The summed E-state index contributed by atoms with van der Waals surface area (Å²) in [5, 5.41) is 2.40. The van der Waals surface area contributed by atoms with Crippen LogP contribution in [-0.4, -0.2) is 44.6 Å². The van der Waals surface area contributed by atoms with Crippen LogP contribution in [0.5, 0.6) is 0 Å². The number of hydrogen-bond donors (Lipinski definition) is 1. The smallest absolute Gasteiger partial charge is 0.339 e. The van der Waals surface area contributed by atoms with Gasteiger partial charge in [-0.05, 0) is 35.9 Å². The summed E-state index contributed by atoms with van der Waals surface area (Å²) in [4.78, 5) is 47.5. The number of benzene rings is 2. The first-order chi connectivity index (χ1) is 13.8. The van der Waals surface area contributed by atoms with Gasteiger partial charge in [0.15, 0.2) is 6.61 Å². The molecule has 152 valence electrons. The summed E-state index contributed by atoms with van der Waals surface area (Å²) in [5.74, 6) is -3.25. The molecule has 0 saturated carbocycles. The van der Waals surface area contributed by atoms with E-state index in [4.69, 9.17) is 4.74 Å². The molecule has 0 aromatic heterocycles. The van der Waals surface area contributed by atoms with E-state index in [1.807, 2.05) is 0 Å². The predicted molar refractivity (Wildman–Crippen MR) is 98.8 cm³/mol. The van der Waals surface area contributed by atoms with E-state index in [2.05, 4.69) is 14.8 Å². The van der Waals surface area contributed by atoms with Gasteiger partial charge in [-0.1, -0.05) is 12.1 Å². The highest BCUT2D eigenvalue weighted by Gasteiger charge is 2.18. The van der Waals surface area contributed by atoms with Crippen molar-refractivity contribution in [2.75, 3.05) is 26.1 Å². The number of carbonyl (C=O) groups excluding carboxylic acids is 4. The Balaban J connectivity index is 2.02. The normalized spacial score (nSPS) is 10.0. The van der Waals surface area contributed by atoms with Crippen LogP contribution < -0.4 is 5.32 Å². The maximum Gasteiger partial charge on any atom is 0.339 e. The monoisotopic (exact) mass is 403 g/mol. The Morgan fingerprint density at radius 3 is 2.21 bits per heavy atom. The molecule has 0 heterocycles. The molecule has 1 amide bonds. The molecule has 0 aliphatic carbocycles. The van der Waals surface area contributed by atoms with Gasteiger partial charge in [0.2, 0.25) is 0 Å². The minimum Gasteiger partial charge on any atom is -0.465 e. The van der Waals surface area contributed by atoms with Crippen LogP contribution in [0.15, 0.2) is 42.5 Å². The molecular weight excluding hydrogens is 385 g/mol. The summed E-state index contributed by atoms with van der Waals surface area (Å²) in [6.45, 7) is -0.622. The Kier molecular flexibility index (Phi) is 7.41. The van der Waals surface area contributed by atoms with Crippen molar-refractivity contribution < 1.29 is 37.8 Å². The molecule has 0 unspecified atom stereocenters. The number of hydrogen-bond acceptors (Lipinski definition) is 7.